The molecular weight excluding hydrogens is 348 g/mol. The van der Waals surface area contributed by atoms with Crippen molar-refractivity contribution in [3.8, 4) is 0 Å². The van der Waals surface area contributed by atoms with Crippen LogP contribution < -0.4 is 0 Å². The molecule has 0 bridgehead atoms. The molecule has 3 nitrogen and oxygen atoms in total. The Morgan fingerprint density at radius 1 is 1.41 bits per heavy atom. The molecule has 94 valence electrons. The van der Waals surface area contributed by atoms with Crippen LogP contribution in [0.5, 0.6) is 0 Å². The maximum Gasteiger partial charge on any atom is 0.273 e. The molecular formula is C12H16Br2N2O. The van der Waals surface area contributed by atoms with Crippen LogP contribution in [0.4, 0.5) is 0 Å². The van der Waals surface area contributed by atoms with Crippen molar-refractivity contribution in [2.24, 2.45) is 0 Å². The standard InChI is InChI=1S/C12H16Br2N2O/c1-16(9-4-2-3-7-13)12(17)11-10(14)6-5-8-15-11/h5-6,8H,2-4,7,9H2,1H3. The minimum absolute atomic E-state index is 0.0312. The minimum atomic E-state index is -0.0312. The van der Waals surface area contributed by atoms with E-state index in [1.54, 1.807) is 17.2 Å². The summed E-state index contributed by atoms with van der Waals surface area (Å²) >= 11 is 6.74. The molecule has 0 saturated heterocycles. The molecule has 0 saturated carbocycles. The second-order valence-electron chi connectivity index (χ2n) is 3.81. The van der Waals surface area contributed by atoms with E-state index in [9.17, 15) is 4.79 Å². The van der Waals surface area contributed by atoms with Crippen LogP contribution in [0.25, 0.3) is 0 Å². The average Bonchev–Trinajstić information content (AvgIpc) is 2.34. The molecule has 0 aromatic carbocycles. The lowest BCUT2D eigenvalue weighted by molar-refractivity contribution is 0.0786. The summed E-state index contributed by atoms with van der Waals surface area (Å²) < 4.78 is 0.748. The van der Waals surface area contributed by atoms with Crippen molar-refractivity contribution in [2.75, 3.05) is 18.9 Å². The molecule has 0 aliphatic heterocycles. The molecule has 0 spiro atoms. The van der Waals surface area contributed by atoms with Gasteiger partial charge in [-0.1, -0.05) is 22.4 Å². The van der Waals surface area contributed by atoms with Crippen molar-refractivity contribution >= 4 is 37.8 Å². The molecule has 5 heteroatoms. The van der Waals surface area contributed by atoms with E-state index >= 15 is 0 Å². The molecule has 0 atom stereocenters. The minimum Gasteiger partial charge on any atom is -0.340 e. The van der Waals surface area contributed by atoms with Gasteiger partial charge in [0, 0.05) is 29.6 Å². The maximum atomic E-state index is 12.1. The van der Waals surface area contributed by atoms with E-state index in [1.807, 2.05) is 13.1 Å². The first-order chi connectivity index (χ1) is 8.16. The lowest BCUT2D eigenvalue weighted by Gasteiger charge is -2.16. The molecule has 1 amide bonds. The number of pyridine rings is 1. The molecule has 0 aliphatic rings. The van der Waals surface area contributed by atoms with Crippen molar-refractivity contribution in [1.82, 2.24) is 9.88 Å². The smallest absolute Gasteiger partial charge is 0.273 e. The maximum absolute atomic E-state index is 12.1. The molecule has 1 aromatic rings. The second kappa shape index (κ2) is 7.82. The normalized spacial score (nSPS) is 10.3. The first-order valence-electron chi connectivity index (χ1n) is 5.58. The van der Waals surface area contributed by atoms with Gasteiger partial charge in [-0.05, 0) is 40.9 Å². The summed E-state index contributed by atoms with van der Waals surface area (Å²) in [5.74, 6) is -0.0312. The summed E-state index contributed by atoms with van der Waals surface area (Å²) in [5, 5.41) is 1.02. The first kappa shape index (κ1) is 14.6. The number of hydrogen-bond donors (Lipinski definition) is 0. The highest BCUT2D eigenvalue weighted by atomic mass is 79.9. The molecule has 1 heterocycles. The number of nitrogens with zero attached hydrogens (tertiary/aromatic N) is 2. The molecule has 0 aliphatic carbocycles. The van der Waals surface area contributed by atoms with Crippen LogP contribution in [0.3, 0.4) is 0 Å². The third-order valence-electron chi connectivity index (χ3n) is 2.43. The van der Waals surface area contributed by atoms with Gasteiger partial charge in [0.05, 0.1) is 0 Å². The van der Waals surface area contributed by atoms with Crippen molar-refractivity contribution in [3.05, 3.63) is 28.5 Å². The Hall–Kier alpha value is -0.420. The van der Waals surface area contributed by atoms with Crippen LogP contribution in [-0.4, -0.2) is 34.7 Å². The number of carbonyl (C=O) groups is 1. The van der Waals surface area contributed by atoms with Crippen LogP contribution in [0.15, 0.2) is 22.8 Å². The number of alkyl halides is 1. The molecule has 0 N–H and O–H groups in total. The SMILES string of the molecule is CN(CCCCCBr)C(=O)c1ncccc1Br. The largest absolute Gasteiger partial charge is 0.340 e. The Kier molecular flexibility index (Phi) is 6.73. The van der Waals surface area contributed by atoms with Crippen LogP contribution in [0.2, 0.25) is 0 Å². The topological polar surface area (TPSA) is 33.2 Å². The summed E-state index contributed by atoms with van der Waals surface area (Å²) in [7, 11) is 1.82. The van der Waals surface area contributed by atoms with Crippen molar-refractivity contribution in [3.63, 3.8) is 0 Å². The van der Waals surface area contributed by atoms with Crippen LogP contribution in [0.1, 0.15) is 29.8 Å². The van der Waals surface area contributed by atoms with E-state index in [0.29, 0.717) is 5.69 Å². The van der Waals surface area contributed by atoms with E-state index in [0.717, 1.165) is 35.6 Å². The molecule has 17 heavy (non-hydrogen) atoms. The van der Waals surface area contributed by atoms with Gasteiger partial charge in [-0.15, -0.1) is 0 Å². The number of amides is 1. The summed E-state index contributed by atoms with van der Waals surface area (Å²) in [6, 6.07) is 3.63. The van der Waals surface area contributed by atoms with Crippen LogP contribution in [0, 0.1) is 0 Å². The van der Waals surface area contributed by atoms with Crippen LogP contribution in [-0.2, 0) is 0 Å². The van der Waals surface area contributed by atoms with Gasteiger partial charge in [0.25, 0.3) is 5.91 Å². The van der Waals surface area contributed by atoms with E-state index in [-0.39, 0.29) is 5.91 Å². The van der Waals surface area contributed by atoms with Crippen molar-refractivity contribution in [2.45, 2.75) is 19.3 Å². The Bertz CT molecular complexity index is 371. The Labute approximate surface area is 119 Å². The predicted molar refractivity (Wildman–Crippen MR) is 76.5 cm³/mol. The lowest BCUT2D eigenvalue weighted by Crippen LogP contribution is -2.28. The van der Waals surface area contributed by atoms with Gasteiger partial charge in [0.2, 0.25) is 0 Å². The van der Waals surface area contributed by atoms with E-state index < -0.39 is 0 Å². The van der Waals surface area contributed by atoms with Crippen molar-refractivity contribution < 1.29 is 4.79 Å². The molecule has 0 radical (unpaired) electrons. The summed E-state index contributed by atoms with van der Waals surface area (Å²) in [6.07, 6.45) is 4.94. The second-order valence-corrected chi connectivity index (χ2v) is 5.46. The first-order valence-corrected chi connectivity index (χ1v) is 7.50. The monoisotopic (exact) mass is 362 g/mol. The Balaban J connectivity index is 2.49. The number of halogens is 2. The third-order valence-corrected chi connectivity index (χ3v) is 3.64. The van der Waals surface area contributed by atoms with Crippen LogP contribution >= 0.6 is 31.9 Å². The van der Waals surface area contributed by atoms with Gasteiger partial charge < -0.3 is 4.90 Å². The number of unbranched alkanes of at least 4 members (excludes halogenated alkanes) is 2. The van der Waals surface area contributed by atoms with E-state index in [4.69, 9.17) is 0 Å². The number of rotatable bonds is 6. The molecule has 1 aromatic heterocycles. The fourth-order valence-corrected chi connectivity index (χ4v) is 2.27. The van der Waals surface area contributed by atoms with Gasteiger partial charge in [-0.25, -0.2) is 4.98 Å². The fourth-order valence-electron chi connectivity index (χ4n) is 1.45. The quantitative estimate of drug-likeness (QED) is 0.572. The molecule has 1 rings (SSSR count). The average molecular weight is 364 g/mol. The fraction of sp³-hybridized carbons (Fsp3) is 0.500. The molecule has 0 fully saturated rings. The third kappa shape index (κ3) is 4.76. The van der Waals surface area contributed by atoms with Gasteiger partial charge in [0.1, 0.15) is 5.69 Å². The predicted octanol–water partition coefficient (Wildman–Crippen LogP) is 3.48. The Morgan fingerprint density at radius 2 is 2.18 bits per heavy atom. The zero-order valence-corrected chi connectivity index (χ0v) is 13.0. The summed E-state index contributed by atoms with van der Waals surface area (Å²) in [5.41, 5.74) is 0.482. The zero-order valence-electron chi connectivity index (χ0n) is 9.83. The highest BCUT2D eigenvalue weighted by molar-refractivity contribution is 9.10. The van der Waals surface area contributed by atoms with E-state index in [2.05, 4.69) is 36.8 Å². The highest BCUT2D eigenvalue weighted by Crippen LogP contribution is 2.15. The summed E-state index contributed by atoms with van der Waals surface area (Å²) in [4.78, 5) is 17.9. The number of hydrogen-bond acceptors (Lipinski definition) is 2. The van der Waals surface area contributed by atoms with Gasteiger partial charge in [-0.3, -0.25) is 4.79 Å². The van der Waals surface area contributed by atoms with E-state index in [1.165, 1.54) is 0 Å². The number of aromatic nitrogens is 1. The lowest BCUT2D eigenvalue weighted by atomic mass is 10.2. The number of carbonyl (C=O) groups excluding carboxylic acids is 1. The zero-order chi connectivity index (χ0) is 12.7. The van der Waals surface area contributed by atoms with Crippen molar-refractivity contribution in [1.29, 1.82) is 0 Å². The molecule has 0 unspecified atom stereocenters. The van der Waals surface area contributed by atoms with Gasteiger partial charge in [-0.2, -0.15) is 0 Å². The summed E-state index contributed by atoms with van der Waals surface area (Å²) in [6.45, 7) is 0.773. The van der Waals surface area contributed by atoms with Gasteiger partial charge >= 0.3 is 0 Å². The van der Waals surface area contributed by atoms with Gasteiger partial charge in [0.15, 0.2) is 0 Å². The Morgan fingerprint density at radius 3 is 2.82 bits per heavy atom. The highest BCUT2D eigenvalue weighted by Gasteiger charge is 2.15.